The van der Waals surface area contributed by atoms with Crippen molar-refractivity contribution >= 4 is 6.09 Å². The molecule has 110 valence electrons. The van der Waals surface area contributed by atoms with Gasteiger partial charge >= 0.3 is 6.09 Å². The van der Waals surface area contributed by atoms with Crippen LogP contribution < -0.4 is 0 Å². The van der Waals surface area contributed by atoms with Gasteiger partial charge in [0.15, 0.2) is 0 Å². The van der Waals surface area contributed by atoms with Gasteiger partial charge in [-0.1, -0.05) is 6.42 Å². The number of rotatable bonds is 3. The fraction of sp³-hybridized carbons (Fsp3) is 0.933. The zero-order valence-corrected chi connectivity index (χ0v) is 12.6. The predicted octanol–water partition coefficient (Wildman–Crippen LogP) is 3.20. The van der Waals surface area contributed by atoms with Gasteiger partial charge in [-0.15, -0.1) is 0 Å². The van der Waals surface area contributed by atoms with E-state index < -0.39 is 5.60 Å². The summed E-state index contributed by atoms with van der Waals surface area (Å²) in [6.45, 7) is 6.50. The van der Waals surface area contributed by atoms with Crippen molar-refractivity contribution in [1.82, 2.24) is 4.90 Å². The highest BCUT2D eigenvalue weighted by molar-refractivity contribution is 5.69. The van der Waals surface area contributed by atoms with Crippen LogP contribution in [-0.2, 0) is 9.47 Å². The summed E-state index contributed by atoms with van der Waals surface area (Å²) in [4.78, 5) is 14.5. The van der Waals surface area contributed by atoms with E-state index in [0.29, 0.717) is 24.6 Å². The molecule has 0 N–H and O–H groups in total. The first-order valence-corrected chi connectivity index (χ1v) is 7.42. The number of hydrogen-bond acceptors (Lipinski definition) is 3. The summed E-state index contributed by atoms with van der Waals surface area (Å²) >= 11 is 0. The molecule has 2 rings (SSSR count). The SMILES string of the molecule is COCC[C@@H]1C2CCCC(C2)N1C(=O)OC(C)(C)C. The quantitative estimate of drug-likeness (QED) is 0.789. The molecule has 1 aliphatic carbocycles. The third-order valence-corrected chi connectivity index (χ3v) is 4.20. The number of nitrogens with zero attached hydrogens (tertiary/aromatic N) is 1. The van der Waals surface area contributed by atoms with Crippen LogP contribution in [0.3, 0.4) is 0 Å². The van der Waals surface area contributed by atoms with Gasteiger partial charge in [0.25, 0.3) is 0 Å². The lowest BCUT2D eigenvalue weighted by Gasteiger charge is -2.32. The van der Waals surface area contributed by atoms with Crippen molar-refractivity contribution in [2.75, 3.05) is 13.7 Å². The van der Waals surface area contributed by atoms with Crippen LogP contribution in [-0.4, -0.2) is 42.4 Å². The third kappa shape index (κ3) is 3.41. The molecule has 1 saturated heterocycles. The van der Waals surface area contributed by atoms with Crippen molar-refractivity contribution in [3.8, 4) is 0 Å². The predicted molar refractivity (Wildman–Crippen MR) is 74.1 cm³/mol. The van der Waals surface area contributed by atoms with Crippen LogP contribution in [0.25, 0.3) is 0 Å². The van der Waals surface area contributed by atoms with Crippen molar-refractivity contribution in [3.05, 3.63) is 0 Å². The fourth-order valence-electron chi connectivity index (χ4n) is 3.51. The summed E-state index contributed by atoms with van der Waals surface area (Å²) in [5.74, 6) is 0.640. The molecule has 4 heteroatoms. The molecule has 2 unspecified atom stereocenters. The van der Waals surface area contributed by atoms with Crippen LogP contribution >= 0.6 is 0 Å². The second kappa shape index (κ2) is 5.70. The smallest absolute Gasteiger partial charge is 0.410 e. The van der Waals surface area contributed by atoms with Gasteiger partial charge in [0.2, 0.25) is 0 Å². The van der Waals surface area contributed by atoms with E-state index in [1.807, 2.05) is 25.7 Å². The van der Waals surface area contributed by atoms with Crippen molar-refractivity contribution in [3.63, 3.8) is 0 Å². The third-order valence-electron chi connectivity index (χ3n) is 4.20. The van der Waals surface area contributed by atoms with Gasteiger partial charge in [-0.2, -0.15) is 0 Å². The summed E-state index contributed by atoms with van der Waals surface area (Å²) in [6.07, 6.45) is 5.54. The van der Waals surface area contributed by atoms with E-state index in [1.54, 1.807) is 7.11 Å². The number of likely N-dealkylation sites (tertiary alicyclic amines) is 1. The van der Waals surface area contributed by atoms with Gasteiger partial charge in [-0.05, 0) is 52.4 Å². The van der Waals surface area contributed by atoms with Gasteiger partial charge in [-0.25, -0.2) is 4.79 Å². The van der Waals surface area contributed by atoms with Crippen LogP contribution in [0.5, 0.6) is 0 Å². The van der Waals surface area contributed by atoms with Gasteiger partial charge in [-0.3, -0.25) is 0 Å². The second-order valence-corrected chi connectivity index (χ2v) is 6.82. The average Bonchev–Trinajstić information content (AvgIpc) is 2.55. The molecule has 0 aromatic heterocycles. The Balaban J connectivity index is 2.08. The number of carbonyl (C=O) groups excluding carboxylic acids is 1. The van der Waals surface area contributed by atoms with E-state index in [0.717, 1.165) is 19.3 Å². The van der Waals surface area contributed by atoms with Crippen molar-refractivity contribution < 1.29 is 14.3 Å². The summed E-state index contributed by atoms with van der Waals surface area (Å²) in [5.41, 5.74) is -0.417. The Bertz CT molecular complexity index is 324. The van der Waals surface area contributed by atoms with Gasteiger partial charge in [0.05, 0.1) is 0 Å². The Morgan fingerprint density at radius 1 is 1.32 bits per heavy atom. The van der Waals surface area contributed by atoms with Gasteiger partial charge < -0.3 is 14.4 Å². The summed E-state index contributed by atoms with van der Waals surface area (Å²) in [7, 11) is 1.72. The van der Waals surface area contributed by atoms with Crippen LogP contribution in [0.15, 0.2) is 0 Å². The molecule has 3 atom stereocenters. The molecule has 19 heavy (non-hydrogen) atoms. The van der Waals surface area contributed by atoms with Crippen LogP contribution in [0.4, 0.5) is 4.79 Å². The molecular formula is C15H27NO3. The molecule has 2 aliphatic rings. The first-order chi connectivity index (χ1) is 8.92. The van der Waals surface area contributed by atoms with E-state index in [9.17, 15) is 4.79 Å². The number of ether oxygens (including phenoxy) is 2. The Kier molecular flexibility index (Phi) is 4.39. The molecule has 2 bridgehead atoms. The van der Waals surface area contributed by atoms with Crippen molar-refractivity contribution in [2.45, 2.75) is 70.6 Å². The average molecular weight is 269 g/mol. The Morgan fingerprint density at radius 3 is 2.68 bits per heavy atom. The van der Waals surface area contributed by atoms with E-state index in [1.165, 1.54) is 12.8 Å². The first kappa shape index (κ1) is 14.6. The van der Waals surface area contributed by atoms with Gasteiger partial charge in [0, 0.05) is 25.8 Å². The van der Waals surface area contributed by atoms with Crippen molar-refractivity contribution in [2.24, 2.45) is 5.92 Å². The molecular weight excluding hydrogens is 242 g/mol. The minimum atomic E-state index is -0.417. The largest absolute Gasteiger partial charge is 0.444 e. The number of fused-ring (bicyclic) bond motifs is 2. The standard InChI is InChI=1S/C15H27NO3/c1-15(2,3)19-14(17)16-12-7-5-6-11(10-12)13(16)8-9-18-4/h11-13H,5-10H2,1-4H3/t11?,12?,13-/m1/s1. The molecule has 0 spiro atoms. The molecule has 4 nitrogen and oxygen atoms in total. The zero-order valence-electron chi connectivity index (χ0n) is 12.6. The Labute approximate surface area is 116 Å². The number of methoxy groups -OCH3 is 1. The van der Waals surface area contributed by atoms with Crippen molar-refractivity contribution in [1.29, 1.82) is 0 Å². The first-order valence-electron chi connectivity index (χ1n) is 7.42. The molecule has 0 aromatic rings. The maximum Gasteiger partial charge on any atom is 0.410 e. The highest BCUT2D eigenvalue weighted by atomic mass is 16.6. The summed E-state index contributed by atoms with van der Waals surface area (Å²) in [6, 6.07) is 0.692. The minimum absolute atomic E-state index is 0.136. The van der Waals surface area contributed by atoms with Crippen LogP contribution in [0.2, 0.25) is 0 Å². The molecule has 0 aromatic carbocycles. The number of hydrogen-bond donors (Lipinski definition) is 0. The monoisotopic (exact) mass is 269 g/mol. The number of carbonyl (C=O) groups is 1. The maximum atomic E-state index is 12.4. The molecule has 0 radical (unpaired) electrons. The second-order valence-electron chi connectivity index (χ2n) is 6.82. The normalized spacial score (nSPS) is 30.5. The summed E-state index contributed by atoms with van der Waals surface area (Å²) in [5, 5.41) is 0. The topological polar surface area (TPSA) is 38.8 Å². The lowest BCUT2D eigenvalue weighted by atomic mass is 9.86. The molecule has 1 saturated carbocycles. The Hall–Kier alpha value is -0.770. The lowest BCUT2D eigenvalue weighted by molar-refractivity contribution is 0.0109. The fourth-order valence-corrected chi connectivity index (χ4v) is 3.51. The van der Waals surface area contributed by atoms with E-state index >= 15 is 0 Å². The van der Waals surface area contributed by atoms with E-state index in [-0.39, 0.29) is 6.09 Å². The van der Waals surface area contributed by atoms with E-state index in [4.69, 9.17) is 9.47 Å². The number of amides is 1. The molecule has 1 aliphatic heterocycles. The lowest BCUT2D eigenvalue weighted by Crippen LogP contribution is -2.44. The molecule has 1 heterocycles. The highest BCUT2D eigenvalue weighted by Gasteiger charge is 2.46. The van der Waals surface area contributed by atoms with Crippen LogP contribution in [0.1, 0.15) is 52.9 Å². The molecule has 2 fully saturated rings. The molecule has 1 amide bonds. The highest BCUT2D eigenvalue weighted by Crippen LogP contribution is 2.42. The van der Waals surface area contributed by atoms with E-state index in [2.05, 4.69) is 0 Å². The maximum absolute atomic E-state index is 12.4. The zero-order chi connectivity index (χ0) is 14.0. The van der Waals surface area contributed by atoms with Gasteiger partial charge in [0.1, 0.15) is 5.60 Å². The Morgan fingerprint density at radius 2 is 2.05 bits per heavy atom. The minimum Gasteiger partial charge on any atom is -0.444 e. The van der Waals surface area contributed by atoms with Crippen LogP contribution in [0, 0.1) is 5.92 Å². The summed E-state index contributed by atoms with van der Waals surface area (Å²) < 4.78 is 10.8.